The molecule has 0 saturated heterocycles. The zero-order chi connectivity index (χ0) is 74.6. The smallest absolute Gasteiger partial charge is 0.462 e. The van der Waals surface area contributed by atoms with Crippen molar-refractivity contribution in [2.75, 3.05) is 39.6 Å². The summed E-state index contributed by atoms with van der Waals surface area (Å²) >= 11 is 0. The second-order valence-electron chi connectivity index (χ2n) is 29.9. The average Bonchev–Trinajstić information content (AvgIpc) is 0.951. The van der Waals surface area contributed by atoms with Crippen LogP contribution in [-0.4, -0.2) is 96.7 Å². The van der Waals surface area contributed by atoms with Gasteiger partial charge in [-0.15, -0.1) is 0 Å². The van der Waals surface area contributed by atoms with Crippen LogP contribution < -0.4 is 0 Å². The Morgan fingerprint density at radius 1 is 0.235 bits per heavy atom. The lowest BCUT2D eigenvalue weighted by molar-refractivity contribution is -0.161. The van der Waals surface area contributed by atoms with E-state index in [1.54, 1.807) is 0 Å². The van der Waals surface area contributed by atoms with E-state index in [9.17, 15) is 43.2 Å². The number of ether oxygens (including phenoxy) is 4. The first-order valence-electron chi connectivity index (χ1n) is 43.3. The van der Waals surface area contributed by atoms with Crippen molar-refractivity contribution in [1.29, 1.82) is 0 Å². The Morgan fingerprint density at radius 2 is 0.392 bits per heavy atom. The lowest BCUT2D eigenvalue weighted by Crippen LogP contribution is -2.30. The van der Waals surface area contributed by atoms with Crippen LogP contribution in [0, 0.1) is 0 Å². The van der Waals surface area contributed by atoms with Crippen molar-refractivity contribution in [1.82, 2.24) is 0 Å². The van der Waals surface area contributed by atoms with E-state index in [-0.39, 0.29) is 25.7 Å². The van der Waals surface area contributed by atoms with Crippen LogP contribution in [0.15, 0.2) is 0 Å². The Hall–Kier alpha value is -1.94. The van der Waals surface area contributed by atoms with Crippen molar-refractivity contribution < 1.29 is 80.2 Å². The molecule has 0 amide bonds. The molecular formula is C83H162O17P2. The van der Waals surface area contributed by atoms with Gasteiger partial charge >= 0.3 is 39.5 Å². The number of hydrogen-bond donors (Lipinski definition) is 3. The quantitative estimate of drug-likeness (QED) is 0.0222. The van der Waals surface area contributed by atoms with Crippen LogP contribution in [0.1, 0.15) is 451 Å². The summed E-state index contributed by atoms with van der Waals surface area (Å²) in [6.45, 7) is 5.01. The third-order valence-corrected chi connectivity index (χ3v) is 21.5. The van der Waals surface area contributed by atoms with Crippen LogP contribution in [0.3, 0.4) is 0 Å². The Bertz CT molecular complexity index is 1930. The molecule has 0 aromatic carbocycles. The molecule has 19 heteroatoms. The summed E-state index contributed by atoms with van der Waals surface area (Å²) in [6.07, 6.45) is 70.9. The van der Waals surface area contributed by atoms with Gasteiger partial charge in [0.05, 0.1) is 26.4 Å². The largest absolute Gasteiger partial charge is 0.472 e. The minimum atomic E-state index is -4.96. The fourth-order valence-electron chi connectivity index (χ4n) is 13.0. The maximum Gasteiger partial charge on any atom is 0.472 e. The molecule has 0 spiro atoms. The Labute approximate surface area is 626 Å². The second-order valence-corrected chi connectivity index (χ2v) is 32.8. The fourth-order valence-corrected chi connectivity index (χ4v) is 14.6. The average molecular weight is 1490 g/mol. The highest BCUT2D eigenvalue weighted by Gasteiger charge is 2.30. The molecule has 0 aliphatic rings. The molecule has 0 saturated carbocycles. The summed E-state index contributed by atoms with van der Waals surface area (Å²) in [6, 6.07) is 0. The number of aliphatic hydroxyl groups excluding tert-OH is 1. The number of carbonyl (C=O) groups is 4. The van der Waals surface area contributed by atoms with Crippen LogP contribution in [0.25, 0.3) is 0 Å². The highest BCUT2D eigenvalue weighted by atomic mass is 31.2. The molecule has 0 radical (unpaired) electrons. The van der Waals surface area contributed by atoms with Crippen molar-refractivity contribution in [3.63, 3.8) is 0 Å². The van der Waals surface area contributed by atoms with E-state index in [4.69, 9.17) is 37.0 Å². The summed E-state index contributed by atoms with van der Waals surface area (Å²) < 4.78 is 68.7. The minimum absolute atomic E-state index is 0.109. The van der Waals surface area contributed by atoms with E-state index < -0.39 is 97.5 Å². The third-order valence-electron chi connectivity index (χ3n) is 19.6. The Morgan fingerprint density at radius 3 is 0.578 bits per heavy atom. The normalized spacial score (nSPS) is 13.8. The molecule has 102 heavy (non-hydrogen) atoms. The molecule has 606 valence electrons. The topological polar surface area (TPSA) is 237 Å². The minimum Gasteiger partial charge on any atom is -0.462 e. The van der Waals surface area contributed by atoms with Gasteiger partial charge in [-0.05, 0) is 25.7 Å². The van der Waals surface area contributed by atoms with Gasteiger partial charge in [0.2, 0.25) is 0 Å². The highest BCUT2D eigenvalue weighted by molar-refractivity contribution is 7.47. The van der Waals surface area contributed by atoms with E-state index in [1.165, 1.54) is 283 Å². The monoisotopic (exact) mass is 1490 g/mol. The number of unbranched alkanes of at least 4 members (excludes halogenated alkanes) is 58. The zero-order valence-electron chi connectivity index (χ0n) is 66.6. The Balaban J connectivity index is 5.17. The lowest BCUT2D eigenvalue weighted by atomic mass is 10.0. The predicted octanol–water partition coefficient (Wildman–Crippen LogP) is 25.4. The van der Waals surface area contributed by atoms with Crippen LogP contribution >= 0.6 is 15.6 Å². The van der Waals surface area contributed by atoms with E-state index in [0.29, 0.717) is 25.7 Å². The van der Waals surface area contributed by atoms with Crippen LogP contribution in [-0.2, 0) is 65.4 Å². The summed E-state index contributed by atoms with van der Waals surface area (Å²) in [5.41, 5.74) is 0. The van der Waals surface area contributed by atoms with Crippen LogP contribution in [0.2, 0.25) is 0 Å². The molecule has 0 heterocycles. The van der Waals surface area contributed by atoms with Crippen molar-refractivity contribution in [2.45, 2.75) is 470 Å². The summed E-state index contributed by atoms with van der Waals surface area (Å²) in [4.78, 5) is 73.0. The molecule has 0 bridgehead atoms. The number of phosphoric ester groups is 2. The molecule has 0 aliphatic heterocycles. The van der Waals surface area contributed by atoms with E-state index in [2.05, 4.69) is 27.7 Å². The first-order chi connectivity index (χ1) is 49.7. The molecule has 17 nitrogen and oxygen atoms in total. The number of hydrogen-bond acceptors (Lipinski definition) is 15. The molecule has 0 aromatic heterocycles. The summed E-state index contributed by atoms with van der Waals surface area (Å²) in [5.74, 6) is -2.10. The molecular weight excluding hydrogens is 1330 g/mol. The number of aliphatic hydroxyl groups is 1. The van der Waals surface area contributed by atoms with Gasteiger partial charge in [0.25, 0.3) is 0 Å². The summed E-state index contributed by atoms with van der Waals surface area (Å²) in [7, 11) is -9.92. The van der Waals surface area contributed by atoms with Gasteiger partial charge in [0, 0.05) is 25.7 Å². The lowest BCUT2D eigenvalue weighted by Gasteiger charge is -2.21. The van der Waals surface area contributed by atoms with Crippen molar-refractivity contribution in [3.05, 3.63) is 0 Å². The van der Waals surface area contributed by atoms with Gasteiger partial charge in [0.1, 0.15) is 19.3 Å². The molecule has 0 aromatic rings. The maximum absolute atomic E-state index is 13.1. The first-order valence-corrected chi connectivity index (χ1v) is 46.3. The number of phosphoric acid groups is 2. The number of carbonyl (C=O) groups excluding carboxylic acids is 4. The summed E-state index contributed by atoms with van der Waals surface area (Å²) in [5, 5.41) is 10.6. The first kappa shape index (κ1) is 100. The molecule has 5 atom stereocenters. The van der Waals surface area contributed by atoms with Crippen molar-refractivity contribution >= 4 is 39.5 Å². The number of rotatable bonds is 84. The van der Waals surface area contributed by atoms with Gasteiger partial charge in [0.15, 0.2) is 12.2 Å². The van der Waals surface area contributed by atoms with Gasteiger partial charge < -0.3 is 33.8 Å². The predicted molar refractivity (Wildman–Crippen MR) is 419 cm³/mol. The molecule has 0 rings (SSSR count). The van der Waals surface area contributed by atoms with Gasteiger partial charge in [-0.2, -0.15) is 0 Å². The fraction of sp³-hybridized carbons (Fsp3) is 0.952. The number of esters is 4. The zero-order valence-corrected chi connectivity index (χ0v) is 68.4. The highest BCUT2D eigenvalue weighted by Crippen LogP contribution is 2.45. The Kier molecular flexibility index (Phi) is 75.8. The van der Waals surface area contributed by atoms with Crippen LogP contribution in [0.4, 0.5) is 0 Å². The third kappa shape index (κ3) is 76.3. The van der Waals surface area contributed by atoms with E-state index in [1.807, 2.05) is 0 Å². The van der Waals surface area contributed by atoms with Crippen LogP contribution in [0.5, 0.6) is 0 Å². The maximum atomic E-state index is 13.1. The van der Waals surface area contributed by atoms with Gasteiger partial charge in [-0.3, -0.25) is 37.3 Å². The molecule has 2 unspecified atom stereocenters. The van der Waals surface area contributed by atoms with Gasteiger partial charge in [-0.1, -0.05) is 400 Å². The SMILES string of the molecule is CCCCCCCCCCCCCCCCCCCCCCCCC(=O)O[C@H](COC(=O)CCCCCCCCCCCCCCCCCC)COP(=O)(O)OC[C@@H](O)COP(=O)(O)OC[C@@H](COC(=O)CCCCCCCCCC)OC(=O)CCCCCCCCCCCCCCCCCC. The standard InChI is InChI=1S/C83H162O17P2/c1-5-9-13-17-21-25-28-31-34-37-38-39-40-41-42-45-48-51-54-58-62-66-70-83(88)100-79(74-94-81(86)68-64-60-56-52-49-46-43-35-32-29-26-22-18-14-10-6-2)76-98-102(91,92)96-72-77(84)71-95-101(89,90)97-75-78(73-93-80(85)67-63-59-55-24-20-16-12-8-4)99-82(87)69-65-61-57-53-50-47-44-36-33-30-27-23-19-15-11-7-3/h77-79,84H,5-76H2,1-4H3,(H,89,90)(H,91,92)/t77-,78+,79+/m0/s1. The second kappa shape index (κ2) is 77.2. The molecule has 0 aliphatic carbocycles. The molecule has 3 N–H and O–H groups in total. The van der Waals surface area contributed by atoms with Gasteiger partial charge in [-0.25, -0.2) is 9.13 Å². The van der Waals surface area contributed by atoms with E-state index in [0.717, 1.165) is 89.9 Å². The van der Waals surface area contributed by atoms with Crippen molar-refractivity contribution in [2.24, 2.45) is 0 Å². The van der Waals surface area contributed by atoms with E-state index >= 15 is 0 Å². The van der Waals surface area contributed by atoms with Crippen molar-refractivity contribution in [3.8, 4) is 0 Å². The molecule has 0 fully saturated rings.